The summed E-state index contributed by atoms with van der Waals surface area (Å²) in [6.07, 6.45) is 5.95. The zero-order valence-electron chi connectivity index (χ0n) is 7.82. The summed E-state index contributed by atoms with van der Waals surface area (Å²) in [4.78, 5) is 0. The van der Waals surface area contributed by atoms with Crippen LogP contribution in [0.25, 0.3) is 0 Å². The minimum absolute atomic E-state index is 0.110. The Hall–Kier alpha value is -0.410. The van der Waals surface area contributed by atoms with E-state index in [9.17, 15) is 0 Å². The topological polar surface area (TPSA) is 39.2 Å². The molecule has 0 saturated carbocycles. The molecule has 2 heterocycles. The van der Waals surface area contributed by atoms with Crippen LogP contribution in [-0.4, -0.2) is 10.5 Å². The van der Waals surface area contributed by atoms with Crippen LogP contribution >= 0.6 is 11.8 Å². The predicted octanol–water partition coefficient (Wildman–Crippen LogP) is 2.57. The average Bonchev–Trinajstić information content (AvgIpc) is 2.73. The maximum absolute atomic E-state index is 6.20. The molecule has 1 aliphatic heterocycles. The van der Waals surface area contributed by atoms with Gasteiger partial charge < -0.3 is 10.2 Å². The molecular weight excluding hydrogens is 182 g/mol. The molecule has 1 aromatic rings. The largest absolute Gasteiger partial charge is 0.472 e. The highest BCUT2D eigenvalue weighted by Gasteiger charge is 2.36. The molecule has 1 fully saturated rings. The van der Waals surface area contributed by atoms with E-state index in [4.69, 9.17) is 10.2 Å². The second-order valence-corrected chi connectivity index (χ2v) is 5.43. The predicted molar refractivity (Wildman–Crippen MR) is 55.7 cm³/mol. The van der Waals surface area contributed by atoms with Crippen LogP contribution in [0.5, 0.6) is 0 Å². The molecule has 2 unspecified atom stereocenters. The molecule has 72 valence electrons. The first-order valence-corrected chi connectivity index (χ1v) is 5.62. The Bertz CT molecular complexity index is 264. The van der Waals surface area contributed by atoms with Crippen molar-refractivity contribution in [1.82, 2.24) is 0 Å². The van der Waals surface area contributed by atoms with Crippen molar-refractivity contribution in [1.29, 1.82) is 0 Å². The molecule has 0 aliphatic carbocycles. The molecule has 2 atom stereocenters. The van der Waals surface area contributed by atoms with Gasteiger partial charge in [-0.2, -0.15) is 11.8 Å². The molecular formula is C10H15NOS. The third-order valence-corrected chi connectivity index (χ3v) is 4.42. The fraction of sp³-hybridized carbons (Fsp3) is 0.600. The minimum atomic E-state index is 0.110. The van der Waals surface area contributed by atoms with Crippen molar-refractivity contribution in [3.8, 4) is 0 Å². The fourth-order valence-corrected chi connectivity index (χ4v) is 3.21. The molecule has 1 aromatic heterocycles. The highest BCUT2D eigenvalue weighted by Crippen LogP contribution is 2.45. The monoisotopic (exact) mass is 197 g/mol. The summed E-state index contributed by atoms with van der Waals surface area (Å²) in [7, 11) is 0. The third-order valence-electron chi connectivity index (χ3n) is 2.81. The van der Waals surface area contributed by atoms with E-state index in [1.165, 1.54) is 18.6 Å². The normalized spacial score (nSPS) is 30.6. The van der Waals surface area contributed by atoms with Crippen LogP contribution in [0.1, 0.15) is 31.4 Å². The first kappa shape index (κ1) is 9.16. The van der Waals surface area contributed by atoms with Crippen LogP contribution in [0.4, 0.5) is 0 Å². The highest BCUT2D eigenvalue weighted by atomic mass is 32.2. The molecule has 13 heavy (non-hydrogen) atoms. The molecule has 0 spiro atoms. The summed E-state index contributed by atoms with van der Waals surface area (Å²) in [5.74, 6) is 1.24. The van der Waals surface area contributed by atoms with E-state index >= 15 is 0 Å². The van der Waals surface area contributed by atoms with Gasteiger partial charge in [0.1, 0.15) is 0 Å². The maximum Gasteiger partial charge on any atom is 0.0950 e. The van der Waals surface area contributed by atoms with E-state index in [1.807, 2.05) is 17.8 Å². The number of hydrogen-bond donors (Lipinski definition) is 1. The SMILES string of the molecule is CC1(C(N)c2ccoc2)CCCS1. The van der Waals surface area contributed by atoms with Crippen LogP contribution in [-0.2, 0) is 0 Å². The Labute approximate surface area is 82.9 Å². The van der Waals surface area contributed by atoms with Gasteiger partial charge in [-0.15, -0.1) is 0 Å². The van der Waals surface area contributed by atoms with Gasteiger partial charge in [0.05, 0.1) is 12.5 Å². The van der Waals surface area contributed by atoms with Gasteiger partial charge in [-0.3, -0.25) is 0 Å². The molecule has 0 radical (unpaired) electrons. The van der Waals surface area contributed by atoms with E-state index in [-0.39, 0.29) is 10.8 Å². The van der Waals surface area contributed by atoms with Crippen molar-refractivity contribution >= 4 is 11.8 Å². The van der Waals surface area contributed by atoms with E-state index in [2.05, 4.69) is 6.92 Å². The lowest BCUT2D eigenvalue weighted by molar-refractivity contribution is 0.492. The van der Waals surface area contributed by atoms with Gasteiger partial charge >= 0.3 is 0 Å². The van der Waals surface area contributed by atoms with Crippen molar-refractivity contribution in [2.75, 3.05) is 5.75 Å². The summed E-state index contributed by atoms with van der Waals surface area (Å²) >= 11 is 1.98. The molecule has 2 rings (SSSR count). The van der Waals surface area contributed by atoms with E-state index in [1.54, 1.807) is 12.5 Å². The Morgan fingerprint density at radius 2 is 2.54 bits per heavy atom. The standard InChI is InChI=1S/C10H15NOS/c1-10(4-2-6-13-10)9(11)8-3-5-12-7-8/h3,5,7,9H,2,4,6,11H2,1H3. The fourth-order valence-electron chi connectivity index (χ4n) is 1.85. The Kier molecular flexibility index (Phi) is 2.39. The Balaban J connectivity index is 2.16. The zero-order chi connectivity index (χ0) is 9.31. The molecule has 2 nitrogen and oxygen atoms in total. The van der Waals surface area contributed by atoms with Crippen molar-refractivity contribution in [2.45, 2.75) is 30.6 Å². The molecule has 0 amide bonds. The lowest BCUT2D eigenvalue weighted by atomic mass is 9.93. The van der Waals surface area contributed by atoms with Crippen molar-refractivity contribution in [2.24, 2.45) is 5.73 Å². The molecule has 0 bridgehead atoms. The second kappa shape index (κ2) is 3.39. The average molecular weight is 197 g/mol. The number of rotatable bonds is 2. The summed E-state index contributed by atoms with van der Waals surface area (Å²) in [5, 5.41) is 0. The van der Waals surface area contributed by atoms with Crippen LogP contribution in [0.15, 0.2) is 23.0 Å². The molecule has 0 aromatic carbocycles. The first-order chi connectivity index (χ1) is 6.22. The van der Waals surface area contributed by atoms with Crippen LogP contribution < -0.4 is 5.73 Å². The maximum atomic E-state index is 6.20. The summed E-state index contributed by atoms with van der Waals surface area (Å²) in [6.45, 7) is 2.25. The number of furan rings is 1. The minimum Gasteiger partial charge on any atom is -0.472 e. The quantitative estimate of drug-likeness (QED) is 0.792. The van der Waals surface area contributed by atoms with Gasteiger partial charge in [0, 0.05) is 16.4 Å². The van der Waals surface area contributed by atoms with Gasteiger partial charge in [0.15, 0.2) is 0 Å². The van der Waals surface area contributed by atoms with Crippen LogP contribution in [0.2, 0.25) is 0 Å². The third kappa shape index (κ3) is 1.63. The van der Waals surface area contributed by atoms with E-state index in [0.29, 0.717) is 0 Å². The number of thioether (sulfide) groups is 1. The lowest BCUT2D eigenvalue weighted by Crippen LogP contribution is -2.32. The highest BCUT2D eigenvalue weighted by molar-refractivity contribution is 8.00. The van der Waals surface area contributed by atoms with Gasteiger partial charge in [-0.1, -0.05) is 0 Å². The van der Waals surface area contributed by atoms with Crippen LogP contribution in [0, 0.1) is 0 Å². The summed E-state index contributed by atoms with van der Waals surface area (Å²) in [5.41, 5.74) is 7.32. The molecule has 3 heteroatoms. The number of hydrogen-bond acceptors (Lipinski definition) is 3. The van der Waals surface area contributed by atoms with Gasteiger partial charge in [-0.05, 0) is 31.6 Å². The van der Waals surface area contributed by atoms with Crippen LogP contribution in [0.3, 0.4) is 0 Å². The van der Waals surface area contributed by atoms with E-state index < -0.39 is 0 Å². The molecule has 1 aliphatic rings. The van der Waals surface area contributed by atoms with Crippen molar-refractivity contribution in [3.05, 3.63) is 24.2 Å². The summed E-state index contributed by atoms with van der Waals surface area (Å²) < 4.78 is 5.26. The molecule has 2 N–H and O–H groups in total. The first-order valence-electron chi connectivity index (χ1n) is 4.64. The lowest BCUT2D eigenvalue weighted by Gasteiger charge is -2.29. The molecule has 1 saturated heterocycles. The van der Waals surface area contributed by atoms with E-state index in [0.717, 1.165) is 5.56 Å². The smallest absolute Gasteiger partial charge is 0.0950 e. The van der Waals surface area contributed by atoms with Gasteiger partial charge in [0.25, 0.3) is 0 Å². The van der Waals surface area contributed by atoms with Gasteiger partial charge in [-0.25, -0.2) is 0 Å². The van der Waals surface area contributed by atoms with Gasteiger partial charge in [0.2, 0.25) is 0 Å². The zero-order valence-corrected chi connectivity index (χ0v) is 8.64. The van der Waals surface area contributed by atoms with Crippen molar-refractivity contribution < 1.29 is 4.42 Å². The second-order valence-electron chi connectivity index (χ2n) is 3.80. The number of nitrogens with two attached hydrogens (primary N) is 1. The summed E-state index contributed by atoms with van der Waals surface area (Å²) in [6, 6.07) is 2.08. The Morgan fingerprint density at radius 3 is 3.08 bits per heavy atom. The Morgan fingerprint density at radius 1 is 1.69 bits per heavy atom. The van der Waals surface area contributed by atoms with Crippen molar-refractivity contribution in [3.63, 3.8) is 0 Å².